The second-order valence-electron chi connectivity index (χ2n) is 9.69. The second-order valence-corrected chi connectivity index (χ2v) is 10.1. The van der Waals surface area contributed by atoms with Crippen LogP contribution in [0, 0.1) is 6.92 Å². The van der Waals surface area contributed by atoms with Crippen LogP contribution < -0.4 is 16.0 Å². The fourth-order valence-electron chi connectivity index (χ4n) is 4.58. The maximum atomic E-state index is 13.5. The van der Waals surface area contributed by atoms with E-state index in [1.54, 1.807) is 37.1 Å². The van der Waals surface area contributed by atoms with Crippen LogP contribution in [0.4, 0.5) is 17.6 Å². The molecule has 1 aromatic carbocycles. The molecule has 4 heterocycles. The first-order valence-electron chi connectivity index (χ1n) is 13.3. The molecule has 5 rings (SSSR count). The van der Waals surface area contributed by atoms with Crippen molar-refractivity contribution >= 4 is 41.0 Å². The lowest BCUT2D eigenvalue weighted by molar-refractivity contribution is -0.125. The molecule has 4 aromatic rings. The third-order valence-electron chi connectivity index (χ3n) is 6.75. The third kappa shape index (κ3) is 6.09. The SMILES string of the molecule is CCNc1cccc(C(C)NC(=O)C(C)N2Cc3ccc(-c4nc(Nc5ccnc(C)n5)ncc4Cl)cc3C2=O)n1. The van der Waals surface area contributed by atoms with Gasteiger partial charge < -0.3 is 20.9 Å². The molecule has 0 radical (unpaired) electrons. The number of fused-ring (bicyclic) bond motifs is 1. The molecule has 11 nitrogen and oxygen atoms in total. The normalized spacial score (nSPS) is 13.9. The van der Waals surface area contributed by atoms with Gasteiger partial charge in [-0.1, -0.05) is 29.8 Å². The highest BCUT2D eigenvalue weighted by Crippen LogP contribution is 2.32. The van der Waals surface area contributed by atoms with Crippen LogP contribution in [0.15, 0.2) is 54.9 Å². The average molecular weight is 572 g/mol. The van der Waals surface area contributed by atoms with Crippen LogP contribution in [0.5, 0.6) is 0 Å². The molecule has 41 heavy (non-hydrogen) atoms. The Morgan fingerprint density at radius 2 is 1.90 bits per heavy atom. The lowest BCUT2D eigenvalue weighted by Gasteiger charge is -2.25. The zero-order valence-electron chi connectivity index (χ0n) is 23.1. The van der Waals surface area contributed by atoms with Crippen LogP contribution in [-0.4, -0.2) is 54.2 Å². The third-order valence-corrected chi connectivity index (χ3v) is 7.03. The van der Waals surface area contributed by atoms with Crippen molar-refractivity contribution in [1.29, 1.82) is 0 Å². The van der Waals surface area contributed by atoms with Crippen molar-refractivity contribution in [2.45, 2.75) is 46.3 Å². The molecular formula is C29H30ClN9O2. The summed E-state index contributed by atoms with van der Waals surface area (Å²) < 4.78 is 0. The highest BCUT2D eigenvalue weighted by molar-refractivity contribution is 6.33. The number of aryl methyl sites for hydroxylation is 1. The molecule has 2 unspecified atom stereocenters. The Kier molecular flexibility index (Phi) is 8.06. The first-order valence-corrected chi connectivity index (χ1v) is 13.7. The summed E-state index contributed by atoms with van der Waals surface area (Å²) in [6.45, 7) is 8.45. The second kappa shape index (κ2) is 11.8. The van der Waals surface area contributed by atoms with Gasteiger partial charge >= 0.3 is 0 Å². The summed E-state index contributed by atoms with van der Waals surface area (Å²) in [6.07, 6.45) is 3.14. The van der Waals surface area contributed by atoms with E-state index in [-0.39, 0.29) is 17.9 Å². The Morgan fingerprint density at radius 1 is 1.07 bits per heavy atom. The van der Waals surface area contributed by atoms with Crippen molar-refractivity contribution in [3.05, 3.63) is 82.5 Å². The van der Waals surface area contributed by atoms with Gasteiger partial charge in [0.2, 0.25) is 11.9 Å². The molecule has 1 aliphatic rings. The Labute approximate surface area is 242 Å². The number of halogens is 1. The predicted molar refractivity (Wildman–Crippen MR) is 157 cm³/mol. The first kappa shape index (κ1) is 27.9. The van der Waals surface area contributed by atoms with Crippen molar-refractivity contribution in [3.8, 4) is 11.3 Å². The molecule has 1 aliphatic heterocycles. The van der Waals surface area contributed by atoms with E-state index in [9.17, 15) is 9.59 Å². The van der Waals surface area contributed by atoms with Crippen LogP contribution in [0.3, 0.4) is 0 Å². The van der Waals surface area contributed by atoms with E-state index in [1.165, 1.54) is 6.20 Å². The quantitative estimate of drug-likeness (QED) is 0.261. The van der Waals surface area contributed by atoms with E-state index in [1.807, 2.05) is 44.2 Å². The summed E-state index contributed by atoms with van der Waals surface area (Å²) in [7, 11) is 0. The van der Waals surface area contributed by atoms with E-state index < -0.39 is 6.04 Å². The Bertz CT molecular complexity index is 1610. The summed E-state index contributed by atoms with van der Waals surface area (Å²) in [5.41, 5.74) is 3.19. The summed E-state index contributed by atoms with van der Waals surface area (Å²) in [5.74, 6) is 1.72. The standard InChI is InChI=1S/C29H30ClN9O2/c1-5-31-24-8-6-7-23(36-24)16(2)34-27(40)17(3)39-15-20-10-9-19(13-21(20)28(39)41)26-22(30)14-33-29(38-26)37-25-11-12-32-18(4)35-25/h6-14,16-17H,5,15H2,1-4H3,(H,31,36)(H,34,40)(H,32,33,35,37,38). The topological polar surface area (TPSA) is 138 Å². The molecule has 0 saturated carbocycles. The highest BCUT2D eigenvalue weighted by atomic mass is 35.5. The van der Waals surface area contributed by atoms with Gasteiger partial charge in [-0.3, -0.25) is 9.59 Å². The number of aromatic nitrogens is 5. The minimum atomic E-state index is -0.687. The molecule has 210 valence electrons. The predicted octanol–water partition coefficient (Wildman–Crippen LogP) is 4.69. The maximum Gasteiger partial charge on any atom is 0.255 e. The van der Waals surface area contributed by atoms with E-state index in [2.05, 4.69) is 40.9 Å². The van der Waals surface area contributed by atoms with Crippen molar-refractivity contribution in [2.24, 2.45) is 0 Å². The van der Waals surface area contributed by atoms with E-state index in [0.717, 1.165) is 23.6 Å². The molecule has 3 N–H and O–H groups in total. The maximum absolute atomic E-state index is 13.5. The minimum absolute atomic E-state index is 0.232. The molecule has 0 aliphatic carbocycles. The molecule has 12 heteroatoms. The number of benzene rings is 1. The number of nitrogens with zero attached hydrogens (tertiary/aromatic N) is 6. The van der Waals surface area contributed by atoms with Gasteiger partial charge in [0.25, 0.3) is 5.91 Å². The van der Waals surface area contributed by atoms with Gasteiger partial charge in [0.15, 0.2) is 0 Å². The molecule has 0 saturated heterocycles. The zero-order chi connectivity index (χ0) is 29.1. The van der Waals surface area contributed by atoms with Crippen LogP contribution in [0.25, 0.3) is 11.3 Å². The Morgan fingerprint density at radius 3 is 2.68 bits per heavy atom. The minimum Gasteiger partial charge on any atom is -0.370 e. The first-order chi connectivity index (χ1) is 19.7. The summed E-state index contributed by atoms with van der Waals surface area (Å²) in [4.78, 5) is 50.0. The Hall–Kier alpha value is -4.64. The van der Waals surface area contributed by atoms with Gasteiger partial charge in [-0.25, -0.2) is 24.9 Å². The molecule has 2 amide bonds. The smallest absolute Gasteiger partial charge is 0.255 e. The molecular weight excluding hydrogens is 542 g/mol. The van der Waals surface area contributed by atoms with Gasteiger partial charge in [0.05, 0.1) is 28.6 Å². The molecule has 0 fully saturated rings. The number of pyridine rings is 1. The van der Waals surface area contributed by atoms with Crippen molar-refractivity contribution in [3.63, 3.8) is 0 Å². The lowest BCUT2D eigenvalue weighted by atomic mass is 10.0. The monoisotopic (exact) mass is 571 g/mol. The number of carbonyl (C=O) groups is 2. The highest BCUT2D eigenvalue weighted by Gasteiger charge is 2.34. The number of anilines is 3. The van der Waals surface area contributed by atoms with Crippen LogP contribution in [0.1, 0.15) is 54.3 Å². The fraction of sp³-hybridized carbons (Fsp3) is 0.276. The summed E-state index contributed by atoms with van der Waals surface area (Å²) in [6, 6.07) is 11.8. The van der Waals surface area contributed by atoms with Gasteiger partial charge in [0, 0.05) is 30.4 Å². The van der Waals surface area contributed by atoms with Gasteiger partial charge in [-0.05, 0) is 57.5 Å². The number of hydrogen-bond donors (Lipinski definition) is 3. The number of nitrogens with one attached hydrogen (secondary N) is 3. The van der Waals surface area contributed by atoms with Crippen LogP contribution in [-0.2, 0) is 11.3 Å². The number of hydrogen-bond acceptors (Lipinski definition) is 9. The van der Waals surface area contributed by atoms with Crippen molar-refractivity contribution in [2.75, 3.05) is 17.2 Å². The molecule has 2 atom stereocenters. The van der Waals surface area contributed by atoms with Crippen molar-refractivity contribution < 1.29 is 9.59 Å². The van der Waals surface area contributed by atoms with Gasteiger partial charge in [-0.15, -0.1) is 0 Å². The van der Waals surface area contributed by atoms with Crippen LogP contribution in [0.2, 0.25) is 5.02 Å². The fourth-order valence-corrected chi connectivity index (χ4v) is 4.78. The summed E-state index contributed by atoms with van der Waals surface area (Å²) >= 11 is 6.46. The Balaban J connectivity index is 1.31. The van der Waals surface area contributed by atoms with E-state index >= 15 is 0 Å². The lowest BCUT2D eigenvalue weighted by Crippen LogP contribution is -2.46. The van der Waals surface area contributed by atoms with Crippen LogP contribution >= 0.6 is 11.6 Å². The zero-order valence-corrected chi connectivity index (χ0v) is 23.9. The summed E-state index contributed by atoms with van der Waals surface area (Å²) in [5, 5.41) is 9.56. The van der Waals surface area contributed by atoms with E-state index in [0.29, 0.717) is 46.0 Å². The van der Waals surface area contributed by atoms with Crippen molar-refractivity contribution in [1.82, 2.24) is 35.1 Å². The van der Waals surface area contributed by atoms with Gasteiger partial charge in [-0.2, -0.15) is 0 Å². The average Bonchev–Trinajstić information content (AvgIpc) is 3.29. The molecule has 3 aromatic heterocycles. The number of rotatable bonds is 9. The molecule has 0 bridgehead atoms. The number of carbonyl (C=O) groups excluding carboxylic acids is 2. The molecule has 0 spiro atoms. The van der Waals surface area contributed by atoms with Gasteiger partial charge in [0.1, 0.15) is 23.5 Å². The number of amides is 2. The van der Waals surface area contributed by atoms with E-state index in [4.69, 9.17) is 11.6 Å². The largest absolute Gasteiger partial charge is 0.370 e.